The number of methoxy groups -OCH3 is 1. The minimum Gasteiger partial charge on any atom is -0.491 e. The summed E-state index contributed by atoms with van der Waals surface area (Å²) in [7, 11) is 3.36. The summed E-state index contributed by atoms with van der Waals surface area (Å²) < 4.78 is 11.9. The molecule has 0 radical (unpaired) electrons. The molecule has 0 saturated heterocycles. The van der Waals surface area contributed by atoms with Gasteiger partial charge in [0.25, 0.3) is 5.91 Å². The zero-order valence-electron chi connectivity index (χ0n) is 21.8. The summed E-state index contributed by atoms with van der Waals surface area (Å²) in [6.45, 7) is 8.94. The first-order valence-electron chi connectivity index (χ1n) is 12.5. The Labute approximate surface area is 208 Å². The molecule has 0 spiro atoms. The highest BCUT2D eigenvalue weighted by Crippen LogP contribution is 2.31. The standard InChI is InChI=1S/C26H40N4O5/c1-16(2)27-26(33)28-20-10-11-22-21(12-20)25(32)29(5)14-23(34-6)17(3)13-30(18(4)15-35-22)24(31)19-8-7-9-19/h10-12,16-19,23H,7-9,13-15H2,1-6H3,(H2,27,28,33)/t17-,18+,23+/m1/s1. The molecule has 35 heavy (non-hydrogen) atoms. The smallest absolute Gasteiger partial charge is 0.319 e. The molecule has 0 unspecified atom stereocenters. The molecular formula is C26H40N4O5. The molecule has 194 valence electrons. The van der Waals surface area contributed by atoms with Crippen LogP contribution in [0.5, 0.6) is 5.75 Å². The second kappa shape index (κ2) is 11.7. The van der Waals surface area contributed by atoms with Gasteiger partial charge in [0.2, 0.25) is 5.91 Å². The van der Waals surface area contributed by atoms with Gasteiger partial charge in [-0.1, -0.05) is 13.3 Å². The van der Waals surface area contributed by atoms with Crippen molar-refractivity contribution in [3.8, 4) is 5.75 Å². The Kier molecular flexibility index (Phi) is 8.99. The number of benzene rings is 1. The molecule has 0 bridgehead atoms. The molecule has 0 aromatic heterocycles. The van der Waals surface area contributed by atoms with Crippen LogP contribution in [-0.4, -0.2) is 79.7 Å². The summed E-state index contributed by atoms with van der Waals surface area (Å²) in [5, 5.41) is 5.55. The summed E-state index contributed by atoms with van der Waals surface area (Å²) in [5.74, 6) is 0.473. The molecule has 9 heteroatoms. The Hall–Kier alpha value is -2.81. The molecule has 4 amide bonds. The summed E-state index contributed by atoms with van der Waals surface area (Å²) in [5.41, 5.74) is 0.841. The van der Waals surface area contributed by atoms with E-state index in [0.717, 1.165) is 19.3 Å². The number of urea groups is 1. The number of carbonyl (C=O) groups is 3. The van der Waals surface area contributed by atoms with E-state index >= 15 is 0 Å². The van der Waals surface area contributed by atoms with E-state index in [2.05, 4.69) is 17.6 Å². The van der Waals surface area contributed by atoms with Gasteiger partial charge in [0.15, 0.2) is 0 Å². The predicted octanol–water partition coefficient (Wildman–Crippen LogP) is 3.35. The number of anilines is 1. The Bertz CT molecular complexity index is 917. The van der Waals surface area contributed by atoms with Crippen LogP contribution in [-0.2, 0) is 9.53 Å². The maximum absolute atomic E-state index is 13.4. The topological polar surface area (TPSA) is 100 Å². The molecule has 2 aliphatic rings. The fraction of sp³-hybridized carbons (Fsp3) is 0.654. The lowest BCUT2D eigenvalue weighted by Gasteiger charge is -2.39. The maximum atomic E-state index is 13.4. The van der Waals surface area contributed by atoms with Crippen molar-refractivity contribution in [1.29, 1.82) is 0 Å². The van der Waals surface area contributed by atoms with Gasteiger partial charge in [-0.15, -0.1) is 0 Å². The highest BCUT2D eigenvalue weighted by atomic mass is 16.5. The zero-order chi connectivity index (χ0) is 25.7. The van der Waals surface area contributed by atoms with Crippen LogP contribution in [0.1, 0.15) is 57.3 Å². The third kappa shape index (κ3) is 6.66. The number of rotatable bonds is 4. The van der Waals surface area contributed by atoms with Crippen molar-refractivity contribution in [3.63, 3.8) is 0 Å². The molecule has 3 rings (SSSR count). The van der Waals surface area contributed by atoms with Gasteiger partial charge in [-0.2, -0.15) is 0 Å². The van der Waals surface area contributed by atoms with Crippen molar-refractivity contribution >= 4 is 23.5 Å². The summed E-state index contributed by atoms with van der Waals surface area (Å²) in [6.07, 6.45) is 2.72. The lowest BCUT2D eigenvalue weighted by molar-refractivity contribution is -0.142. The number of likely N-dealkylation sites (N-methyl/N-ethyl adjacent to an activating group) is 1. The molecule has 1 aliphatic carbocycles. The zero-order valence-corrected chi connectivity index (χ0v) is 21.8. The van der Waals surface area contributed by atoms with Gasteiger partial charge in [0.05, 0.1) is 17.7 Å². The molecule has 3 atom stereocenters. The Morgan fingerprint density at radius 1 is 1.17 bits per heavy atom. The van der Waals surface area contributed by atoms with Crippen LogP contribution in [0.2, 0.25) is 0 Å². The van der Waals surface area contributed by atoms with Gasteiger partial charge in [0.1, 0.15) is 12.4 Å². The van der Waals surface area contributed by atoms with E-state index in [0.29, 0.717) is 30.1 Å². The normalized spacial score (nSPS) is 24.0. The third-order valence-corrected chi connectivity index (χ3v) is 6.86. The van der Waals surface area contributed by atoms with Crippen LogP contribution in [0.25, 0.3) is 0 Å². The minimum absolute atomic E-state index is 0.0181. The SMILES string of the molecule is CO[C@H]1CN(C)C(=O)c2cc(NC(=O)NC(C)C)ccc2OC[C@H](C)N(C(=O)C2CCC2)C[C@H]1C. The number of fused-ring (bicyclic) bond motifs is 1. The van der Waals surface area contributed by atoms with E-state index in [4.69, 9.17) is 9.47 Å². The van der Waals surface area contributed by atoms with E-state index in [1.54, 1.807) is 37.3 Å². The van der Waals surface area contributed by atoms with E-state index in [1.807, 2.05) is 25.7 Å². The number of ether oxygens (including phenoxy) is 2. The lowest BCUT2D eigenvalue weighted by atomic mass is 9.83. The average Bonchev–Trinajstić information content (AvgIpc) is 2.76. The summed E-state index contributed by atoms with van der Waals surface area (Å²) in [4.78, 5) is 42.4. The van der Waals surface area contributed by atoms with E-state index < -0.39 is 0 Å². The fourth-order valence-electron chi connectivity index (χ4n) is 4.48. The molecule has 1 fully saturated rings. The molecule has 1 heterocycles. The van der Waals surface area contributed by atoms with Crippen molar-refractivity contribution in [2.75, 3.05) is 39.2 Å². The number of amides is 4. The van der Waals surface area contributed by atoms with Crippen LogP contribution >= 0.6 is 0 Å². The van der Waals surface area contributed by atoms with Crippen molar-refractivity contribution in [2.45, 2.75) is 65.1 Å². The van der Waals surface area contributed by atoms with Crippen LogP contribution in [0.15, 0.2) is 18.2 Å². The average molecular weight is 489 g/mol. The molecule has 2 N–H and O–H groups in total. The molecular weight excluding hydrogens is 448 g/mol. The highest BCUT2D eigenvalue weighted by molar-refractivity contribution is 5.99. The van der Waals surface area contributed by atoms with Gasteiger partial charge >= 0.3 is 6.03 Å². The van der Waals surface area contributed by atoms with Crippen molar-refractivity contribution in [3.05, 3.63) is 23.8 Å². The van der Waals surface area contributed by atoms with Gasteiger partial charge < -0.3 is 29.9 Å². The fourth-order valence-corrected chi connectivity index (χ4v) is 4.48. The maximum Gasteiger partial charge on any atom is 0.319 e. The highest BCUT2D eigenvalue weighted by Gasteiger charge is 2.35. The Balaban J connectivity index is 1.91. The van der Waals surface area contributed by atoms with Gasteiger partial charge in [-0.3, -0.25) is 9.59 Å². The Morgan fingerprint density at radius 2 is 1.89 bits per heavy atom. The number of nitrogens with zero attached hydrogens (tertiary/aromatic N) is 2. The summed E-state index contributed by atoms with van der Waals surface area (Å²) in [6, 6.07) is 4.50. The first kappa shape index (κ1) is 26.8. The van der Waals surface area contributed by atoms with Crippen molar-refractivity contribution in [1.82, 2.24) is 15.1 Å². The van der Waals surface area contributed by atoms with E-state index in [-0.39, 0.29) is 54.5 Å². The van der Waals surface area contributed by atoms with Crippen LogP contribution in [0.4, 0.5) is 10.5 Å². The van der Waals surface area contributed by atoms with Crippen LogP contribution in [0.3, 0.4) is 0 Å². The first-order valence-corrected chi connectivity index (χ1v) is 12.5. The first-order chi connectivity index (χ1) is 16.6. The molecule has 1 aromatic rings. The van der Waals surface area contributed by atoms with Crippen LogP contribution in [0, 0.1) is 11.8 Å². The van der Waals surface area contributed by atoms with Gasteiger partial charge in [-0.25, -0.2) is 4.79 Å². The van der Waals surface area contributed by atoms with Gasteiger partial charge in [-0.05, 0) is 51.8 Å². The second-order valence-corrected chi connectivity index (χ2v) is 10.2. The van der Waals surface area contributed by atoms with E-state index in [1.165, 1.54) is 0 Å². The third-order valence-electron chi connectivity index (χ3n) is 6.86. The number of hydrogen-bond acceptors (Lipinski definition) is 5. The van der Waals surface area contributed by atoms with Gasteiger partial charge in [0, 0.05) is 50.8 Å². The summed E-state index contributed by atoms with van der Waals surface area (Å²) >= 11 is 0. The lowest BCUT2D eigenvalue weighted by Crippen LogP contribution is -2.51. The Morgan fingerprint density at radius 3 is 2.49 bits per heavy atom. The molecule has 1 aliphatic heterocycles. The minimum atomic E-state index is -0.345. The molecule has 1 saturated carbocycles. The van der Waals surface area contributed by atoms with Crippen molar-refractivity contribution < 1.29 is 23.9 Å². The van der Waals surface area contributed by atoms with E-state index in [9.17, 15) is 14.4 Å². The molecule has 9 nitrogen and oxygen atoms in total. The largest absolute Gasteiger partial charge is 0.491 e. The number of hydrogen-bond donors (Lipinski definition) is 2. The van der Waals surface area contributed by atoms with Crippen LogP contribution < -0.4 is 15.4 Å². The quantitative estimate of drug-likeness (QED) is 0.677. The predicted molar refractivity (Wildman–Crippen MR) is 135 cm³/mol. The molecule has 1 aromatic carbocycles. The van der Waals surface area contributed by atoms with Crippen molar-refractivity contribution in [2.24, 2.45) is 11.8 Å². The number of nitrogens with one attached hydrogen (secondary N) is 2. The second-order valence-electron chi connectivity index (χ2n) is 10.2. The monoisotopic (exact) mass is 488 g/mol. The number of carbonyl (C=O) groups excluding carboxylic acids is 3.